The highest BCUT2D eigenvalue weighted by molar-refractivity contribution is 7.47. The SMILES string of the molecule is CCCCCCCCCCCCCCCCCOCOCC(COP(=O)(O)OCC[N+](C)(C)C)OCOCCCCCNCOC(C)c1ccc(CC(C)C)cc1. The minimum atomic E-state index is -4.24. The van der Waals surface area contributed by atoms with E-state index in [1.165, 1.54) is 94.6 Å². The van der Waals surface area contributed by atoms with E-state index in [4.69, 9.17) is 32.7 Å². The monoisotopic (exact) mass is 832 g/mol. The number of hydrogen-bond acceptors (Lipinski definition) is 9. The average Bonchev–Trinajstić information content (AvgIpc) is 3.15. The Bertz CT molecular complexity index is 1070. The number of nitrogens with one attached hydrogen (secondary N) is 1. The van der Waals surface area contributed by atoms with Crippen molar-refractivity contribution in [2.45, 2.75) is 162 Å². The molecule has 12 heteroatoms. The number of rotatable bonds is 42. The maximum atomic E-state index is 12.5. The van der Waals surface area contributed by atoms with Gasteiger partial charge in [0.2, 0.25) is 0 Å². The van der Waals surface area contributed by atoms with E-state index in [0.29, 0.717) is 36.9 Å². The summed E-state index contributed by atoms with van der Waals surface area (Å²) in [5.41, 5.74) is 2.56. The first-order valence-electron chi connectivity index (χ1n) is 22.6. The van der Waals surface area contributed by atoms with Crippen molar-refractivity contribution in [3.63, 3.8) is 0 Å². The lowest BCUT2D eigenvalue weighted by Gasteiger charge is -2.24. The molecule has 1 rings (SSSR count). The fourth-order valence-electron chi connectivity index (χ4n) is 6.24. The third-order valence-corrected chi connectivity index (χ3v) is 10.8. The molecular weight excluding hydrogens is 743 g/mol. The molecule has 0 saturated heterocycles. The molecule has 3 atom stereocenters. The summed E-state index contributed by atoms with van der Waals surface area (Å²) in [6, 6.07) is 8.74. The first-order chi connectivity index (χ1) is 27.4. The standard InChI is InChI=1S/C45H87N2O9P/c1-8-9-10-11-12-13-14-15-16-17-18-19-20-21-24-32-50-39-52-36-45(37-56-57(48,49)55-34-31-47(5,6)7)54-40-51-33-25-22-23-30-46-38-53-42(4)44-28-26-43(27-29-44)35-41(2)3/h26-29,41-42,45-46H,8-25,30-40H2,1-7H3/p+1. The molecule has 0 saturated carbocycles. The van der Waals surface area contributed by atoms with Gasteiger partial charge in [-0.1, -0.05) is 135 Å². The lowest BCUT2D eigenvalue weighted by Crippen LogP contribution is -2.37. The van der Waals surface area contributed by atoms with Crippen LogP contribution in [0, 0.1) is 5.92 Å². The van der Waals surface area contributed by atoms with Crippen LogP contribution in [-0.4, -0.2) is 103 Å². The summed E-state index contributed by atoms with van der Waals surface area (Å²) in [4.78, 5) is 10.2. The van der Waals surface area contributed by atoms with Gasteiger partial charge < -0.3 is 33.1 Å². The molecule has 0 spiro atoms. The van der Waals surface area contributed by atoms with E-state index in [1.807, 2.05) is 21.1 Å². The van der Waals surface area contributed by atoms with Gasteiger partial charge in [-0.05, 0) is 62.6 Å². The molecule has 11 nitrogen and oxygen atoms in total. The number of ether oxygens (including phenoxy) is 5. The minimum Gasteiger partial charge on any atom is -0.359 e. The number of quaternary nitrogens is 1. The lowest BCUT2D eigenvalue weighted by molar-refractivity contribution is -0.870. The highest BCUT2D eigenvalue weighted by Gasteiger charge is 2.25. The number of unbranched alkanes of at least 4 members (excludes halogenated alkanes) is 16. The largest absolute Gasteiger partial charge is 0.472 e. The Labute approximate surface area is 349 Å². The van der Waals surface area contributed by atoms with Gasteiger partial charge in [-0.3, -0.25) is 14.4 Å². The van der Waals surface area contributed by atoms with Crippen LogP contribution in [0.5, 0.6) is 0 Å². The van der Waals surface area contributed by atoms with Crippen molar-refractivity contribution in [1.82, 2.24) is 5.32 Å². The predicted molar refractivity (Wildman–Crippen MR) is 233 cm³/mol. The van der Waals surface area contributed by atoms with Crippen LogP contribution in [0.2, 0.25) is 0 Å². The fourth-order valence-corrected chi connectivity index (χ4v) is 6.99. The molecule has 0 aliphatic heterocycles. The molecule has 0 amide bonds. The third-order valence-electron chi connectivity index (χ3n) is 9.86. The molecule has 1 aromatic rings. The number of nitrogens with zero attached hydrogens (tertiary/aromatic N) is 1. The molecule has 0 aliphatic carbocycles. The van der Waals surface area contributed by atoms with Crippen molar-refractivity contribution >= 4 is 7.82 Å². The van der Waals surface area contributed by atoms with Gasteiger partial charge in [-0.25, -0.2) is 4.57 Å². The molecule has 0 radical (unpaired) electrons. The first-order valence-corrected chi connectivity index (χ1v) is 24.1. The summed E-state index contributed by atoms with van der Waals surface area (Å²) in [6.07, 6.45) is 23.3. The Hall–Kier alpha value is -0.950. The summed E-state index contributed by atoms with van der Waals surface area (Å²) in [6.45, 7) is 12.2. The van der Waals surface area contributed by atoms with E-state index in [-0.39, 0.29) is 39.5 Å². The van der Waals surface area contributed by atoms with Crippen molar-refractivity contribution in [2.75, 3.05) is 87.6 Å². The van der Waals surface area contributed by atoms with Gasteiger partial charge in [-0.2, -0.15) is 0 Å². The first kappa shape index (κ1) is 54.1. The molecular formula is C45H88N2O9P+. The maximum Gasteiger partial charge on any atom is 0.472 e. The van der Waals surface area contributed by atoms with E-state index in [9.17, 15) is 9.46 Å². The Kier molecular flexibility index (Phi) is 33.9. The second-order valence-electron chi connectivity index (χ2n) is 17.1. The molecule has 0 fully saturated rings. The lowest BCUT2D eigenvalue weighted by atomic mass is 10.0. The topological polar surface area (TPSA) is 114 Å². The van der Waals surface area contributed by atoms with Crippen LogP contribution in [0.25, 0.3) is 0 Å². The Morgan fingerprint density at radius 1 is 0.649 bits per heavy atom. The zero-order valence-electron chi connectivity index (χ0n) is 37.7. The minimum absolute atomic E-state index is 0.0257. The third kappa shape index (κ3) is 35.5. The van der Waals surface area contributed by atoms with Gasteiger partial charge in [0, 0.05) is 13.2 Å². The Morgan fingerprint density at radius 3 is 1.75 bits per heavy atom. The normalized spacial score (nSPS) is 14.3. The molecule has 57 heavy (non-hydrogen) atoms. The van der Waals surface area contributed by atoms with Crippen molar-refractivity contribution in [2.24, 2.45) is 5.92 Å². The van der Waals surface area contributed by atoms with Crippen LogP contribution in [-0.2, 0) is 43.7 Å². The zero-order valence-corrected chi connectivity index (χ0v) is 38.5. The Balaban J connectivity index is 2.18. The maximum absolute atomic E-state index is 12.5. The second-order valence-corrected chi connectivity index (χ2v) is 18.6. The number of benzene rings is 1. The van der Waals surface area contributed by atoms with Gasteiger partial charge in [0.05, 0.1) is 47.2 Å². The highest BCUT2D eigenvalue weighted by atomic mass is 31.2. The van der Waals surface area contributed by atoms with Gasteiger partial charge in [0.25, 0.3) is 0 Å². The van der Waals surface area contributed by atoms with Crippen molar-refractivity contribution in [1.29, 1.82) is 0 Å². The van der Waals surface area contributed by atoms with E-state index in [1.54, 1.807) is 0 Å². The molecule has 0 bridgehead atoms. The van der Waals surface area contributed by atoms with Crippen LogP contribution < -0.4 is 5.32 Å². The molecule has 0 aromatic heterocycles. The average molecular weight is 832 g/mol. The second kappa shape index (κ2) is 35.8. The van der Waals surface area contributed by atoms with Gasteiger partial charge in [-0.15, -0.1) is 0 Å². The molecule has 1 aromatic carbocycles. The van der Waals surface area contributed by atoms with E-state index in [2.05, 4.69) is 57.3 Å². The van der Waals surface area contributed by atoms with E-state index in [0.717, 1.165) is 45.1 Å². The van der Waals surface area contributed by atoms with Crippen LogP contribution in [0.1, 0.15) is 161 Å². The van der Waals surface area contributed by atoms with Crippen LogP contribution in [0.15, 0.2) is 24.3 Å². The summed E-state index contributed by atoms with van der Waals surface area (Å²) in [7, 11) is 1.72. The number of phosphoric ester groups is 1. The van der Waals surface area contributed by atoms with Crippen molar-refractivity contribution < 1.29 is 46.7 Å². The van der Waals surface area contributed by atoms with Gasteiger partial charge in [0.15, 0.2) is 0 Å². The van der Waals surface area contributed by atoms with Crippen LogP contribution in [0.3, 0.4) is 0 Å². The van der Waals surface area contributed by atoms with Crippen molar-refractivity contribution in [3.05, 3.63) is 35.4 Å². The predicted octanol–water partition coefficient (Wildman–Crippen LogP) is 10.7. The summed E-state index contributed by atoms with van der Waals surface area (Å²) >= 11 is 0. The zero-order chi connectivity index (χ0) is 41.9. The quantitative estimate of drug-likeness (QED) is 0.0286. The fraction of sp³-hybridized carbons (Fsp3) is 0.867. The molecule has 0 heterocycles. The van der Waals surface area contributed by atoms with E-state index >= 15 is 0 Å². The number of likely N-dealkylation sites (N-methyl/N-ethyl adjacent to an activating group) is 1. The van der Waals surface area contributed by atoms with Gasteiger partial charge >= 0.3 is 7.82 Å². The van der Waals surface area contributed by atoms with E-state index < -0.39 is 13.9 Å². The summed E-state index contributed by atoms with van der Waals surface area (Å²) in [5, 5.41) is 3.37. The van der Waals surface area contributed by atoms with Crippen LogP contribution >= 0.6 is 7.82 Å². The molecule has 0 aliphatic rings. The number of hydrogen-bond donors (Lipinski definition) is 2. The number of phosphoric acid groups is 1. The highest BCUT2D eigenvalue weighted by Crippen LogP contribution is 2.43. The summed E-state index contributed by atoms with van der Waals surface area (Å²) in [5.74, 6) is 0.652. The Morgan fingerprint density at radius 2 is 1.19 bits per heavy atom. The molecule has 2 N–H and O–H groups in total. The summed E-state index contributed by atoms with van der Waals surface area (Å²) < 4.78 is 52.4. The molecule has 3 unspecified atom stereocenters. The van der Waals surface area contributed by atoms with Crippen LogP contribution in [0.4, 0.5) is 0 Å². The van der Waals surface area contributed by atoms with Crippen molar-refractivity contribution in [3.8, 4) is 0 Å². The smallest absolute Gasteiger partial charge is 0.359 e. The molecule has 336 valence electrons. The van der Waals surface area contributed by atoms with Gasteiger partial charge in [0.1, 0.15) is 32.8 Å².